The Morgan fingerprint density at radius 2 is 1.91 bits per heavy atom. The highest BCUT2D eigenvalue weighted by molar-refractivity contribution is 6.22. The van der Waals surface area contributed by atoms with Crippen molar-refractivity contribution >= 4 is 29.0 Å². The van der Waals surface area contributed by atoms with Gasteiger partial charge in [-0.2, -0.15) is 0 Å². The number of ketones is 1. The lowest BCUT2D eigenvalue weighted by Crippen LogP contribution is -2.40. The third kappa shape index (κ3) is 1.81. The lowest BCUT2D eigenvalue weighted by molar-refractivity contribution is -0.131. The van der Waals surface area contributed by atoms with Gasteiger partial charge in [0.25, 0.3) is 5.91 Å². The molecule has 4 rings (SSSR count). The van der Waals surface area contributed by atoms with Crippen LogP contribution in [-0.4, -0.2) is 17.6 Å². The van der Waals surface area contributed by atoms with Crippen LogP contribution in [0.4, 0.5) is 11.4 Å². The van der Waals surface area contributed by atoms with Crippen LogP contribution in [0.5, 0.6) is 0 Å². The normalized spacial score (nSPS) is 27.2. The third-order valence-corrected chi connectivity index (χ3v) is 4.75. The van der Waals surface area contributed by atoms with Gasteiger partial charge in [0, 0.05) is 12.3 Å². The minimum Gasteiger partial charge on any atom is -0.319 e. The molecule has 0 spiro atoms. The highest BCUT2D eigenvalue weighted by Gasteiger charge is 2.45. The number of hydrogen-bond donors (Lipinski definition) is 1. The first kappa shape index (κ1) is 13.2. The van der Waals surface area contributed by atoms with Crippen LogP contribution in [0.1, 0.15) is 25.7 Å². The lowest BCUT2D eigenvalue weighted by atomic mass is 9.79. The fraction of sp³-hybridized carbons (Fsp3) is 0.353. The fourth-order valence-electron chi connectivity index (χ4n) is 3.65. The number of carbonyl (C=O) groups excluding carboxylic acids is 3. The van der Waals surface area contributed by atoms with Crippen molar-refractivity contribution in [3.63, 3.8) is 0 Å². The van der Waals surface area contributed by atoms with Gasteiger partial charge in [-0.3, -0.25) is 19.3 Å². The first-order valence-electron chi connectivity index (χ1n) is 7.66. The van der Waals surface area contributed by atoms with Crippen LogP contribution >= 0.6 is 0 Å². The number of Topliss-reactive ketones (excluding diaryl/α,β-unsaturated/α-hetero) is 1. The van der Waals surface area contributed by atoms with E-state index in [1.807, 2.05) is 18.2 Å². The van der Waals surface area contributed by atoms with Gasteiger partial charge in [0.1, 0.15) is 11.5 Å². The number of rotatable bonds is 1. The second kappa shape index (κ2) is 4.80. The quantitative estimate of drug-likeness (QED) is 0.864. The van der Waals surface area contributed by atoms with Crippen LogP contribution in [0, 0.1) is 11.8 Å². The molecule has 1 saturated carbocycles. The SMILES string of the molecule is O=C1Nc2ccccc2N2C(=O)C(C3CCCCC3=O)C=C12. The Morgan fingerprint density at radius 1 is 1.09 bits per heavy atom. The van der Waals surface area contributed by atoms with Crippen LogP contribution in [-0.2, 0) is 14.4 Å². The maximum Gasteiger partial charge on any atom is 0.272 e. The molecule has 1 fully saturated rings. The molecule has 5 heteroatoms. The van der Waals surface area contributed by atoms with Gasteiger partial charge in [-0.1, -0.05) is 18.6 Å². The summed E-state index contributed by atoms with van der Waals surface area (Å²) in [7, 11) is 0. The van der Waals surface area contributed by atoms with Crippen molar-refractivity contribution < 1.29 is 14.4 Å². The Balaban J connectivity index is 1.75. The summed E-state index contributed by atoms with van der Waals surface area (Å²) in [5.74, 6) is -1.07. The number of fused-ring (bicyclic) bond motifs is 3. The summed E-state index contributed by atoms with van der Waals surface area (Å²) >= 11 is 0. The minimum atomic E-state index is -0.500. The fourth-order valence-corrected chi connectivity index (χ4v) is 3.65. The molecule has 2 amide bonds. The van der Waals surface area contributed by atoms with Crippen molar-refractivity contribution in [3.8, 4) is 0 Å². The molecule has 1 aliphatic carbocycles. The van der Waals surface area contributed by atoms with Crippen molar-refractivity contribution in [2.45, 2.75) is 25.7 Å². The van der Waals surface area contributed by atoms with Crippen molar-refractivity contribution in [1.29, 1.82) is 0 Å². The van der Waals surface area contributed by atoms with Gasteiger partial charge in [0.15, 0.2) is 0 Å². The summed E-state index contributed by atoms with van der Waals surface area (Å²) in [6.45, 7) is 0. The van der Waals surface area contributed by atoms with Gasteiger partial charge in [-0.05, 0) is 31.1 Å². The number of hydrogen-bond acceptors (Lipinski definition) is 3. The number of carbonyl (C=O) groups is 3. The van der Waals surface area contributed by atoms with E-state index in [9.17, 15) is 14.4 Å². The summed E-state index contributed by atoms with van der Waals surface area (Å²) in [6.07, 6.45) is 4.82. The van der Waals surface area contributed by atoms with E-state index in [1.54, 1.807) is 12.1 Å². The van der Waals surface area contributed by atoms with E-state index in [4.69, 9.17) is 0 Å². The number of benzene rings is 1. The van der Waals surface area contributed by atoms with Crippen molar-refractivity contribution in [3.05, 3.63) is 36.0 Å². The monoisotopic (exact) mass is 296 g/mol. The van der Waals surface area contributed by atoms with Gasteiger partial charge in [-0.25, -0.2) is 0 Å². The molecular formula is C17H16N2O3. The summed E-state index contributed by atoms with van der Waals surface area (Å²) in [4.78, 5) is 38.7. The number of para-hydroxylation sites is 2. The molecule has 2 heterocycles. The molecule has 22 heavy (non-hydrogen) atoms. The van der Waals surface area contributed by atoms with Gasteiger partial charge in [-0.15, -0.1) is 0 Å². The van der Waals surface area contributed by atoms with E-state index in [-0.39, 0.29) is 23.5 Å². The summed E-state index contributed by atoms with van der Waals surface area (Å²) in [5, 5.41) is 2.80. The van der Waals surface area contributed by atoms with Gasteiger partial charge < -0.3 is 5.32 Å². The Morgan fingerprint density at radius 3 is 2.73 bits per heavy atom. The average Bonchev–Trinajstić information content (AvgIpc) is 2.87. The number of nitrogens with zero attached hydrogens (tertiary/aromatic N) is 1. The molecule has 5 nitrogen and oxygen atoms in total. The maximum absolute atomic E-state index is 12.8. The van der Waals surface area contributed by atoms with Gasteiger partial charge in [0.2, 0.25) is 5.91 Å². The highest BCUT2D eigenvalue weighted by atomic mass is 16.2. The zero-order chi connectivity index (χ0) is 15.3. The topological polar surface area (TPSA) is 66.5 Å². The van der Waals surface area contributed by atoms with Gasteiger partial charge in [0.05, 0.1) is 17.3 Å². The molecule has 1 aromatic rings. The molecule has 3 aliphatic rings. The second-order valence-corrected chi connectivity index (χ2v) is 6.04. The van der Waals surface area contributed by atoms with E-state index in [1.165, 1.54) is 4.90 Å². The Labute approximate surface area is 128 Å². The van der Waals surface area contributed by atoms with Crippen LogP contribution in [0.25, 0.3) is 0 Å². The zero-order valence-electron chi connectivity index (χ0n) is 12.0. The number of amides is 2. The molecule has 1 aromatic carbocycles. The molecule has 0 aromatic heterocycles. The molecule has 0 radical (unpaired) electrons. The predicted molar refractivity (Wildman–Crippen MR) is 81.1 cm³/mol. The Kier molecular flexibility index (Phi) is 2.89. The van der Waals surface area contributed by atoms with Crippen LogP contribution in [0.15, 0.2) is 36.0 Å². The molecule has 0 saturated heterocycles. The van der Waals surface area contributed by atoms with E-state index >= 15 is 0 Å². The molecule has 2 atom stereocenters. The standard InChI is InChI=1S/C17H16N2O3/c20-15-8-4-1-5-10(15)11-9-14-16(21)18-12-6-2-3-7-13(12)19(14)17(11)22/h2-3,6-7,9-11H,1,4-5,8H2,(H,18,21). The molecule has 0 bridgehead atoms. The van der Waals surface area contributed by atoms with Crippen LogP contribution in [0.2, 0.25) is 0 Å². The first-order valence-corrected chi connectivity index (χ1v) is 7.66. The predicted octanol–water partition coefficient (Wildman–Crippen LogP) is 2.24. The summed E-state index contributed by atoms with van der Waals surface area (Å²) in [6, 6.07) is 7.23. The van der Waals surface area contributed by atoms with E-state index in [0.717, 1.165) is 19.3 Å². The Bertz CT molecular complexity index is 722. The molecule has 2 unspecified atom stereocenters. The summed E-state index contributed by atoms with van der Waals surface area (Å²) < 4.78 is 0. The molecule has 2 aliphatic heterocycles. The largest absolute Gasteiger partial charge is 0.319 e. The van der Waals surface area contributed by atoms with Crippen molar-refractivity contribution in [2.75, 3.05) is 10.2 Å². The smallest absolute Gasteiger partial charge is 0.272 e. The van der Waals surface area contributed by atoms with Crippen molar-refractivity contribution in [2.24, 2.45) is 11.8 Å². The van der Waals surface area contributed by atoms with Gasteiger partial charge >= 0.3 is 0 Å². The van der Waals surface area contributed by atoms with Crippen molar-refractivity contribution in [1.82, 2.24) is 0 Å². The van der Waals surface area contributed by atoms with E-state index < -0.39 is 5.92 Å². The zero-order valence-corrected chi connectivity index (χ0v) is 12.0. The average molecular weight is 296 g/mol. The molecule has 1 N–H and O–H groups in total. The minimum absolute atomic E-state index is 0.148. The highest BCUT2D eigenvalue weighted by Crippen LogP contribution is 2.42. The number of nitrogens with one attached hydrogen (secondary N) is 1. The molecular weight excluding hydrogens is 280 g/mol. The number of anilines is 2. The molecule has 112 valence electrons. The van der Waals surface area contributed by atoms with Crippen LogP contribution in [0.3, 0.4) is 0 Å². The third-order valence-electron chi connectivity index (χ3n) is 4.75. The van der Waals surface area contributed by atoms with E-state index in [0.29, 0.717) is 23.5 Å². The Hall–Kier alpha value is -2.43. The lowest BCUT2D eigenvalue weighted by Gasteiger charge is -2.29. The first-order chi connectivity index (χ1) is 10.7. The van der Waals surface area contributed by atoms with Crippen LogP contribution < -0.4 is 10.2 Å². The van der Waals surface area contributed by atoms with E-state index in [2.05, 4.69) is 5.32 Å². The summed E-state index contributed by atoms with van der Waals surface area (Å²) in [5.41, 5.74) is 1.67. The maximum atomic E-state index is 12.8. The second-order valence-electron chi connectivity index (χ2n) is 6.04.